The van der Waals surface area contributed by atoms with Crippen LogP contribution in [0.1, 0.15) is 49.1 Å². The number of ether oxygens (including phenoxy) is 2. The number of nitrogens with zero attached hydrogens (tertiary/aromatic N) is 1. The molecule has 7 heteroatoms. The zero-order valence-corrected chi connectivity index (χ0v) is 24.1. The maximum absolute atomic E-state index is 12.8. The third-order valence-electron chi connectivity index (χ3n) is 7.76. The van der Waals surface area contributed by atoms with Crippen LogP contribution in [-0.4, -0.2) is 34.5 Å². The Morgan fingerprint density at radius 3 is 2.60 bits per heavy atom. The smallest absolute Gasteiger partial charge is 0.337 e. The van der Waals surface area contributed by atoms with Gasteiger partial charge in [-0.25, -0.2) is 4.79 Å². The quantitative estimate of drug-likeness (QED) is 0.147. The number of carboxylic acids is 1. The van der Waals surface area contributed by atoms with Crippen LogP contribution < -0.4 is 10.5 Å². The molecule has 4 aromatic carbocycles. The maximum Gasteiger partial charge on any atom is 0.337 e. The molecule has 0 aliphatic carbocycles. The molecule has 0 bridgehead atoms. The van der Waals surface area contributed by atoms with Crippen molar-refractivity contribution >= 4 is 39.5 Å². The van der Waals surface area contributed by atoms with Gasteiger partial charge in [0.05, 0.1) is 17.7 Å². The van der Waals surface area contributed by atoms with Crippen molar-refractivity contribution in [3.63, 3.8) is 0 Å². The fraction of sp³-hybridized carbons (Fsp3) is 0.229. The maximum atomic E-state index is 12.8. The zero-order chi connectivity index (χ0) is 29.8. The summed E-state index contributed by atoms with van der Waals surface area (Å²) >= 11 is 0. The van der Waals surface area contributed by atoms with Crippen molar-refractivity contribution in [2.45, 2.75) is 45.8 Å². The number of fused-ring (bicyclic) bond motifs is 1. The Balaban J connectivity index is 1.68. The van der Waals surface area contributed by atoms with Crippen molar-refractivity contribution in [1.29, 1.82) is 5.41 Å². The summed E-state index contributed by atoms with van der Waals surface area (Å²) in [7, 11) is 0. The minimum Gasteiger partial charge on any atom is -0.493 e. The van der Waals surface area contributed by atoms with Crippen LogP contribution in [0, 0.1) is 12.3 Å². The molecule has 42 heavy (non-hydrogen) atoms. The number of hydrogen-bond acceptors (Lipinski definition) is 6. The van der Waals surface area contributed by atoms with E-state index in [2.05, 4.69) is 6.07 Å². The molecule has 0 saturated carbocycles. The fourth-order valence-electron chi connectivity index (χ4n) is 5.94. The van der Waals surface area contributed by atoms with Gasteiger partial charge in [-0.1, -0.05) is 24.3 Å². The summed E-state index contributed by atoms with van der Waals surface area (Å²) in [5.41, 5.74) is 13.4. The molecule has 1 aliphatic heterocycles. The molecule has 0 amide bonds. The summed E-state index contributed by atoms with van der Waals surface area (Å²) < 4.78 is 12.2. The molecule has 0 radical (unpaired) electrons. The number of nitrogens with one attached hydrogen (secondary N) is 1. The minimum absolute atomic E-state index is 0.551. The van der Waals surface area contributed by atoms with E-state index in [0.29, 0.717) is 23.4 Å². The normalized spacial score (nSPS) is 13.6. The molecule has 212 valence electrons. The lowest BCUT2D eigenvalue weighted by Crippen LogP contribution is -2.28. The van der Waals surface area contributed by atoms with Crippen molar-refractivity contribution < 1.29 is 19.4 Å². The van der Waals surface area contributed by atoms with Gasteiger partial charge in [0.25, 0.3) is 0 Å². The van der Waals surface area contributed by atoms with Gasteiger partial charge in [-0.2, -0.15) is 0 Å². The number of carbonyl (C=O) groups is 1. The molecule has 0 saturated heterocycles. The number of carboxylic acid groups (broad SMARTS) is 1. The van der Waals surface area contributed by atoms with Gasteiger partial charge >= 0.3 is 5.97 Å². The molecular formula is C35H33N3O4. The number of benzene rings is 4. The highest BCUT2D eigenvalue weighted by Crippen LogP contribution is 2.45. The van der Waals surface area contributed by atoms with Crippen molar-refractivity contribution in [2.24, 2.45) is 0 Å². The van der Waals surface area contributed by atoms with Gasteiger partial charge < -0.3 is 25.7 Å². The highest BCUT2D eigenvalue weighted by Gasteiger charge is 2.32. The number of aryl methyl sites for hydroxylation is 1. The molecule has 2 heterocycles. The Morgan fingerprint density at radius 2 is 1.86 bits per heavy atom. The SMILES string of the molecule is Cc1cc2cc(-c3ccc(N)c(C=N)c3)ccc2c(-c2ccc3c4c(ccnc24)CCO3)c1C(OC(C)(C)C)C(=O)O. The minimum atomic E-state index is -1.20. The summed E-state index contributed by atoms with van der Waals surface area (Å²) in [5.74, 6) is -0.264. The second-order valence-corrected chi connectivity index (χ2v) is 11.8. The topological polar surface area (TPSA) is 119 Å². The van der Waals surface area contributed by atoms with E-state index in [1.807, 2.05) is 88.5 Å². The van der Waals surface area contributed by atoms with E-state index in [0.717, 1.165) is 67.2 Å². The molecule has 1 unspecified atom stereocenters. The van der Waals surface area contributed by atoms with Crippen LogP contribution in [0.2, 0.25) is 0 Å². The average Bonchev–Trinajstić information content (AvgIpc) is 2.95. The Labute approximate surface area is 244 Å². The van der Waals surface area contributed by atoms with E-state index < -0.39 is 17.7 Å². The van der Waals surface area contributed by atoms with Crippen LogP contribution in [0.3, 0.4) is 0 Å². The van der Waals surface area contributed by atoms with Crippen LogP contribution in [0.5, 0.6) is 5.75 Å². The first-order valence-corrected chi connectivity index (χ1v) is 14.0. The van der Waals surface area contributed by atoms with Gasteiger partial charge in [0.15, 0.2) is 6.10 Å². The monoisotopic (exact) mass is 559 g/mol. The Bertz CT molecular complexity index is 1900. The van der Waals surface area contributed by atoms with Gasteiger partial charge in [-0.05, 0) is 103 Å². The van der Waals surface area contributed by atoms with Crippen molar-refractivity contribution in [3.05, 3.63) is 89.1 Å². The molecule has 4 N–H and O–H groups in total. The third-order valence-corrected chi connectivity index (χ3v) is 7.76. The lowest BCUT2D eigenvalue weighted by Gasteiger charge is -2.29. The van der Waals surface area contributed by atoms with Crippen LogP contribution in [0.4, 0.5) is 5.69 Å². The van der Waals surface area contributed by atoms with Gasteiger partial charge in [0.1, 0.15) is 5.75 Å². The van der Waals surface area contributed by atoms with Crippen molar-refractivity contribution in [2.75, 3.05) is 12.3 Å². The lowest BCUT2D eigenvalue weighted by molar-refractivity contribution is -0.160. The number of nitrogen functional groups attached to an aromatic ring is 1. The van der Waals surface area contributed by atoms with Gasteiger partial charge in [0.2, 0.25) is 0 Å². The molecule has 7 nitrogen and oxygen atoms in total. The number of pyridine rings is 1. The van der Waals surface area contributed by atoms with E-state index in [1.54, 1.807) is 0 Å². The first-order valence-electron chi connectivity index (χ1n) is 14.0. The molecule has 1 aliphatic rings. The lowest BCUT2D eigenvalue weighted by atomic mass is 9.84. The molecule has 0 fully saturated rings. The van der Waals surface area contributed by atoms with Crippen molar-refractivity contribution in [3.8, 4) is 28.0 Å². The number of aromatic nitrogens is 1. The first-order chi connectivity index (χ1) is 20.1. The Kier molecular flexibility index (Phi) is 6.70. The third kappa shape index (κ3) is 4.76. The standard InChI is InChI=1S/C35H33N3O4/c1-19-15-23-16-21(22-6-9-27(37)24(17-22)18-36)5-7-25(23)31(29(19)33(34(39)40)42-35(2,3)4)26-8-10-28-30-20(12-14-41-28)11-13-38-32(26)30/h5-11,13,15-18,33,36H,12,14,37H2,1-4H3,(H,39,40). The van der Waals surface area contributed by atoms with Crippen LogP contribution in [0.25, 0.3) is 43.9 Å². The van der Waals surface area contributed by atoms with E-state index in [1.165, 1.54) is 6.21 Å². The summed E-state index contributed by atoms with van der Waals surface area (Å²) in [6.45, 7) is 8.13. The Hall–Kier alpha value is -4.75. The van der Waals surface area contributed by atoms with Gasteiger partial charge in [-0.15, -0.1) is 0 Å². The zero-order valence-electron chi connectivity index (χ0n) is 24.1. The second kappa shape index (κ2) is 10.3. The van der Waals surface area contributed by atoms with E-state index in [4.69, 9.17) is 25.6 Å². The van der Waals surface area contributed by atoms with Crippen LogP contribution >= 0.6 is 0 Å². The number of rotatable bonds is 6. The van der Waals surface area contributed by atoms with Gasteiger partial charge in [0, 0.05) is 46.6 Å². The Morgan fingerprint density at radius 1 is 1.10 bits per heavy atom. The molecule has 5 aromatic rings. The second-order valence-electron chi connectivity index (χ2n) is 11.8. The molecule has 1 aromatic heterocycles. The largest absolute Gasteiger partial charge is 0.493 e. The molecule has 6 rings (SSSR count). The first kappa shape index (κ1) is 27.4. The van der Waals surface area contributed by atoms with Crippen LogP contribution in [-0.2, 0) is 16.0 Å². The van der Waals surface area contributed by atoms with Crippen molar-refractivity contribution in [1.82, 2.24) is 4.98 Å². The fourth-order valence-corrected chi connectivity index (χ4v) is 5.94. The highest BCUT2D eigenvalue weighted by atomic mass is 16.5. The summed E-state index contributed by atoms with van der Waals surface area (Å²) in [5, 5.41) is 21.0. The number of nitrogens with two attached hydrogens (primary N) is 1. The van der Waals surface area contributed by atoms with E-state index in [-0.39, 0.29) is 0 Å². The number of anilines is 1. The average molecular weight is 560 g/mol. The summed E-state index contributed by atoms with van der Waals surface area (Å²) in [6, 6.07) is 19.8. The predicted octanol–water partition coefficient (Wildman–Crippen LogP) is 7.49. The molecule has 0 spiro atoms. The predicted molar refractivity (Wildman–Crippen MR) is 168 cm³/mol. The number of aliphatic carboxylic acids is 1. The van der Waals surface area contributed by atoms with E-state index >= 15 is 0 Å². The number of hydrogen-bond donors (Lipinski definition) is 3. The molecular weight excluding hydrogens is 526 g/mol. The van der Waals surface area contributed by atoms with Crippen LogP contribution in [0.15, 0.2) is 66.9 Å². The summed E-state index contributed by atoms with van der Waals surface area (Å²) in [6.07, 6.45) is 2.65. The van der Waals surface area contributed by atoms with E-state index in [9.17, 15) is 9.90 Å². The summed E-state index contributed by atoms with van der Waals surface area (Å²) in [4.78, 5) is 17.6. The van der Waals surface area contributed by atoms with Gasteiger partial charge in [-0.3, -0.25) is 4.98 Å². The highest BCUT2D eigenvalue weighted by molar-refractivity contribution is 6.09. The molecule has 1 atom stereocenters.